The van der Waals surface area contributed by atoms with Crippen molar-refractivity contribution in [2.75, 3.05) is 0 Å². The minimum atomic E-state index is 0.378. The van der Waals surface area contributed by atoms with Gasteiger partial charge in [0.1, 0.15) is 17.3 Å². The maximum Gasteiger partial charge on any atom is 0.139 e. The number of rotatable bonds is 3. The Morgan fingerprint density at radius 2 is 1.62 bits per heavy atom. The van der Waals surface area contributed by atoms with Crippen LogP contribution in [0, 0.1) is 18.8 Å². The first-order valence-electron chi connectivity index (χ1n) is 7.62. The molecule has 0 spiro atoms. The summed E-state index contributed by atoms with van der Waals surface area (Å²) in [4.78, 5) is 26.5. The first kappa shape index (κ1) is 14.3. The van der Waals surface area contributed by atoms with E-state index >= 15 is 0 Å². The minimum absolute atomic E-state index is 0.378. The molecule has 0 saturated heterocycles. The second-order valence-corrected chi connectivity index (χ2v) is 5.72. The summed E-state index contributed by atoms with van der Waals surface area (Å²) in [5.74, 6) is 1.55. The van der Waals surface area contributed by atoms with Crippen molar-refractivity contribution in [3.63, 3.8) is 0 Å². The van der Waals surface area contributed by atoms with E-state index in [-0.39, 0.29) is 0 Å². The van der Waals surface area contributed by atoms with E-state index in [1.54, 1.807) is 18.2 Å². The van der Waals surface area contributed by atoms with E-state index in [2.05, 4.69) is 25.1 Å². The van der Waals surface area contributed by atoms with Gasteiger partial charge in [0.25, 0.3) is 0 Å². The van der Waals surface area contributed by atoms with E-state index in [1.807, 2.05) is 38.1 Å². The number of aromatic amines is 2. The first-order valence-corrected chi connectivity index (χ1v) is 7.62. The van der Waals surface area contributed by atoms with Gasteiger partial charge in [-0.25, -0.2) is 9.97 Å². The topological polar surface area (TPSA) is 86.8 Å². The van der Waals surface area contributed by atoms with Crippen molar-refractivity contribution in [1.82, 2.24) is 19.9 Å². The zero-order chi connectivity index (χ0) is 16.7. The number of hydrogen-bond acceptors (Lipinski definition) is 4. The van der Waals surface area contributed by atoms with Crippen LogP contribution in [0.4, 0.5) is 5.69 Å². The molecule has 0 radical (unpaired) electrons. The highest BCUT2D eigenvalue weighted by Crippen LogP contribution is 2.31. The number of nitroso groups, excluding NO2 is 1. The lowest BCUT2D eigenvalue weighted by atomic mass is 10.1. The Morgan fingerprint density at radius 3 is 2.25 bits per heavy atom. The maximum absolute atomic E-state index is 10.7. The van der Waals surface area contributed by atoms with Gasteiger partial charge in [-0.15, -0.1) is 4.91 Å². The predicted octanol–water partition coefficient (Wildman–Crippen LogP) is 4.63. The molecule has 0 saturated carbocycles. The van der Waals surface area contributed by atoms with Crippen molar-refractivity contribution in [1.29, 1.82) is 0 Å². The zero-order valence-corrected chi connectivity index (χ0v) is 13.3. The molecule has 2 N–H and O–H groups in total. The average molecular weight is 317 g/mol. The zero-order valence-electron chi connectivity index (χ0n) is 13.3. The van der Waals surface area contributed by atoms with Crippen LogP contribution >= 0.6 is 0 Å². The molecule has 0 fully saturated rings. The van der Waals surface area contributed by atoms with Crippen molar-refractivity contribution in [2.24, 2.45) is 5.18 Å². The van der Waals surface area contributed by atoms with E-state index in [1.165, 1.54) is 0 Å². The molecule has 0 aliphatic rings. The number of fused-ring (bicyclic) bond motifs is 1. The molecule has 2 heterocycles. The molecule has 0 atom stereocenters. The number of nitrogens with one attached hydrogen (secondary N) is 2. The summed E-state index contributed by atoms with van der Waals surface area (Å²) in [5, 5.41) is 2.97. The van der Waals surface area contributed by atoms with Gasteiger partial charge in [0.2, 0.25) is 0 Å². The third kappa shape index (κ3) is 2.28. The molecule has 0 bridgehead atoms. The molecule has 24 heavy (non-hydrogen) atoms. The highest BCUT2D eigenvalue weighted by molar-refractivity contribution is 5.85. The van der Waals surface area contributed by atoms with E-state index in [0.29, 0.717) is 5.69 Å². The summed E-state index contributed by atoms with van der Waals surface area (Å²) in [5.41, 5.74) is 5.90. The number of hydrogen-bond donors (Lipinski definition) is 2. The SMILES string of the molecule is Cc1nc(-c2ccccc2-c2nc3ccc(N=O)cc3[nH]2)[nH]c1C. The molecule has 2 aromatic heterocycles. The van der Waals surface area contributed by atoms with Gasteiger partial charge in [-0.2, -0.15) is 0 Å². The fraction of sp³-hybridized carbons (Fsp3) is 0.111. The molecule has 118 valence electrons. The van der Waals surface area contributed by atoms with E-state index in [9.17, 15) is 4.91 Å². The molecule has 0 amide bonds. The molecule has 0 unspecified atom stereocenters. The lowest BCUT2D eigenvalue weighted by Crippen LogP contribution is -1.88. The fourth-order valence-corrected chi connectivity index (χ4v) is 2.75. The first-order chi connectivity index (χ1) is 11.7. The van der Waals surface area contributed by atoms with Crippen LogP contribution < -0.4 is 0 Å². The van der Waals surface area contributed by atoms with Gasteiger partial charge in [0, 0.05) is 16.8 Å². The third-order valence-electron chi connectivity index (χ3n) is 4.14. The summed E-state index contributed by atoms with van der Waals surface area (Å²) in [6, 6.07) is 13.1. The summed E-state index contributed by atoms with van der Waals surface area (Å²) >= 11 is 0. The lowest BCUT2D eigenvalue weighted by molar-refractivity contribution is 1.22. The highest BCUT2D eigenvalue weighted by Gasteiger charge is 2.14. The average Bonchev–Trinajstić information content (AvgIpc) is 3.17. The second-order valence-electron chi connectivity index (χ2n) is 5.72. The summed E-state index contributed by atoms with van der Waals surface area (Å²) < 4.78 is 0. The van der Waals surface area contributed by atoms with Crippen molar-refractivity contribution in [2.45, 2.75) is 13.8 Å². The summed E-state index contributed by atoms with van der Waals surface area (Å²) in [7, 11) is 0. The largest absolute Gasteiger partial charge is 0.342 e. The fourth-order valence-electron chi connectivity index (χ4n) is 2.75. The molecule has 6 heteroatoms. The Morgan fingerprint density at radius 1 is 0.917 bits per heavy atom. The van der Waals surface area contributed by atoms with E-state index < -0.39 is 0 Å². The normalized spacial score (nSPS) is 11.1. The van der Waals surface area contributed by atoms with Crippen molar-refractivity contribution < 1.29 is 0 Å². The van der Waals surface area contributed by atoms with Crippen molar-refractivity contribution in [3.8, 4) is 22.8 Å². The quantitative estimate of drug-likeness (QED) is 0.540. The maximum atomic E-state index is 10.7. The number of nitrogens with zero attached hydrogens (tertiary/aromatic N) is 3. The highest BCUT2D eigenvalue weighted by atomic mass is 16.3. The Hall–Kier alpha value is -3.28. The lowest BCUT2D eigenvalue weighted by Gasteiger charge is -2.04. The van der Waals surface area contributed by atoms with Crippen molar-refractivity contribution >= 4 is 16.7 Å². The standard InChI is InChI=1S/C18H15N5O/c1-10-11(2)20-17(19-10)13-5-3-4-6-14(13)18-21-15-8-7-12(23-24)9-16(15)22-18/h3-9H,1-2H3,(H,19,20)(H,21,22). The van der Waals surface area contributed by atoms with Gasteiger partial charge in [-0.1, -0.05) is 24.3 Å². The van der Waals surface area contributed by atoms with Crippen LogP contribution in [-0.2, 0) is 0 Å². The number of benzene rings is 2. The molecule has 6 nitrogen and oxygen atoms in total. The van der Waals surface area contributed by atoms with Gasteiger partial charge in [0.15, 0.2) is 0 Å². The van der Waals surface area contributed by atoms with Gasteiger partial charge in [-0.05, 0) is 37.2 Å². The molecule has 0 aliphatic carbocycles. The molecule has 2 aromatic carbocycles. The van der Waals surface area contributed by atoms with Gasteiger partial charge in [-0.3, -0.25) is 0 Å². The van der Waals surface area contributed by atoms with Crippen LogP contribution in [0.3, 0.4) is 0 Å². The number of aryl methyl sites for hydroxylation is 2. The van der Waals surface area contributed by atoms with Gasteiger partial charge >= 0.3 is 0 Å². The predicted molar refractivity (Wildman–Crippen MR) is 94.0 cm³/mol. The van der Waals surface area contributed by atoms with Gasteiger partial charge in [0.05, 0.1) is 16.7 Å². The van der Waals surface area contributed by atoms with Crippen LogP contribution in [0.25, 0.3) is 33.8 Å². The van der Waals surface area contributed by atoms with Crippen LogP contribution in [0.15, 0.2) is 47.6 Å². The second kappa shape index (κ2) is 5.42. The third-order valence-corrected chi connectivity index (χ3v) is 4.14. The van der Waals surface area contributed by atoms with E-state index in [4.69, 9.17) is 0 Å². The van der Waals surface area contributed by atoms with Crippen LogP contribution in [-0.4, -0.2) is 19.9 Å². The number of aromatic nitrogens is 4. The Kier molecular flexibility index (Phi) is 3.23. The van der Waals surface area contributed by atoms with Crippen molar-refractivity contribution in [3.05, 3.63) is 58.8 Å². The van der Waals surface area contributed by atoms with Crippen LogP contribution in [0.5, 0.6) is 0 Å². The molecule has 4 rings (SSSR count). The Labute approximate surface area is 138 Å². The van der Waals surface area contributed by atoms with Crippen LogP contribution in [0.2, 0.25) is 0 Å². The van der Waals surface area contributed by atoms with Crippen LogP contribution in [0.1, 0.15) is 11.4 Å². The monoisotopic (exact) mass is 317 g/mol. The van der Waals surface area contributed by atoms with Gasteiger partial charge < -0.3 is 9.97 Å². The minimum Gasteiger partial charge on any atom is -0.342 e. The molecular weight excluding hydrogens is 302 g/mol. The van der Waals surface area contributed by atoms with E-state index in [0.717, 1.165) is 45.2 Å². The molecular formula is C18H15N5O. The number of H-pyrrole nitrogens is 2. The molecule has 0 aliphatic heterocycles. The number of imidazole rings is 2. The summed E-state index contributed by atoms with van der Waals surface area (Å²) in [6.45, 7) is 3.98. The smallest absolute Gasteiger partial charge is 0.139 e. The Bertz CT molecular complexity index is 1040. The molecule has 4 aromatic rings. The Balaban J connectivity index is 1.89. The summed E-state index contributed by atoms with van der Waals surface area (Å²) in [6.07, 6.45) is 0.